The van der Waals surface area contributed by atoms with E-state index in [2.05, 4.69) is 20.3 Å². The van der Waals surface area contributed by atoms with Crippen LogP contribution in [-0.4, -0.2) is 36.2 Å². The zero-order valence-corrected chi connectivity index (χ0v) is 11.8. The zero-order valence-electron chi connectivity index (χ0n) is 11.0. The van der Waals surface area contributed by atoms with Crippen LogP contribution in [0.25, 0.3) is 16.9 Å². The van der Waals surface area contributed by atoms with Crippen LogP contribution >= 0.6 is 11.8 Å². The zero-order chi connectivity index (χ0) is 14.8. The number of fused-ring (bicyclic) bond motifs is 1. The fourth-order valence-corrected chi connectivity index (χ4v) is 2.56. The summed E-state index contributed by atoms with van der Waals surface area (Å²) in [6.45, 7) is 1.54. The molecule has 0 aliphatic heterocycles. The first-order chi connectivity index (χ1) is 10.2. The fraction of sp³-hybridized carbons (Fsp3) is 0.154. The minimum atomic E-state index is -1.15. The fourth-order valence-electron chi connectivity index (χ4n) is 1.77. The molecule has 8 heteroatoms. The molecule has 0 amide bonds. The second kappa shape index (κ2) is 5.49. The van der Waals surface area contributed by atoms with Gasteiger partial charge in [0.25, 0.3) is 0 Å². The lowest BCUT2D eigenvalue weighted by molar-refractivity contribution is -0.304. The molecular weight excluding hydrogens is 290 g/mol. The van der Waals surface area contributed by atoms with Crippen LogP contribution in [0.1, 0.15) is 6.92 Å². The highest BCUT2D eigenvalue weighted by Crippen LogP contribution is 2.26. The van der Waals surface area contributed by atoms with Crippen molar-refractivity contribution in [3.05, 3.63) is 36.7 Å². The van der Waals surface area contributed by atoms with Gasteiger partial charge in [0.05, 0.1) is 11.7 Å². The van der Waals surface area contributed by atoms with Crippen LogP contribution < -0.4 is 5.11 Å². The van der Waals surface area contributed by atoms with Gasteiger partial charge in [0, 0.05) is 5.25 Å². The van der Waals surface area contributed by atoms with E-state index in [1.54, 1.807) is 4.68 Å². The van der Waals surface area contributed by atoms with Crippen LogP contribution in [-0.2, 0) is 4.79 Å². The predicted molar refractivity (Wildman–Crippen MR) is 74.8 cm³/mol. The van der Waals surface area contributed by atoms with Crippen molar-refractivity contribution >= 4 is 28.9 Å². The van der Waals surface area contributed by atoms with E-state index in [1.807, 2.05) is 30.3 Å². The smallest absolute Gasteiger partial charge is 0.187 e. The van der Waals surface area contributed by atoms with Crippen LogP contribution in [0.3, 0.4) is 0 Å². The molecule has 0 aliphatic carbocycles. The number of carbonyl (C=O) groups is 1. The van der Waals surface area contributed by atoms with Crippen LogP contribution in [0.4, 0.5) is 0 Å². The molecule has 1 aromatic carbocycles. The molecule has 0 unspecified atom stereocenters. The molecule has 21 heavy (non-hydrogen) atoms. The Morgan fingerprint density at radius 2 is 2.05 bits per heavy atom. The Morgan fingerprint density at radius 3 is 2.76 bits per heavy atom. The Labute approximate surface area is 124 Å². The molecule has 106 valence electrons. The van der Waals surface area contributed by atoms with Gasteiger partial charge in [-0.3, -0.25) is 0 Å². The Balaban J connectivity index is 2.06. The number of hydrogen-bond acceptors (Lipinski definition) is 7. The highest BCUT2D eigenvalue weighted by molar-refractivity contribution is 8.00. The summed E-state index contributed by atoms with van der Waals surface area (Å²) in [5.74, 6) is -1.15. The topological polar surface area (TPSA) is 96.6 Å². The largest absolute Gasteiger partial charge is 0.549 e. The molecule has 2 heterocycles. The molecule has 0 bridgehead atoms. The molecule has 7 nitrogen and oxygen atoms in total. The number of thioether (sulfide) groups is 1. The van der Waals surface area contributed by atoms with Crippen molar-refractivity contribution in [3.63, 3.8) is 0 Å². The predicted octanol–water partition coefficient (Wildman–Crippen LogP) is 0.441. The van der Waals surface area contributed by atoms with Crippen LogP contribution in [0.15, 0.2) is 41.7 Å². The summed E-state index contributed by atoms with van der Waals surface area (Å²) in [6.07, 6.45) is 1.37. The van der Waals surface area contributed by atoms with E-state index in [9.17, 15) is 9.90 Å². The Kier molecular flexibility index (Phi) is 3.53. The number of carboxylic acid groups (broad SMARTS) is 1. The minimum absolute atomic E-state index is 0.471. The summed E-state index contributed by atoms with van der Waals surface area (Å²) in [5.41, 5.74) is 1.83. The molecule has 3 aromatic rings. The number of carboxylic acids is 1. The molecule has 3 rings (SSSR count). The minimum Gasteiger partial charge on any atom is -0.549 e. The Hall–Kier alpha value is -2.48. The number of benzene rings is 1. The van der Waals surface area contributed by atoms with Gasteiger partial charge in [-0.05, 0) is 19.1 Å². The van der Waals surface area contributed by atoms with Crippen LogP contribution in [0.5, 0.6) is 0 Å². The standard InChI is InChI=1S/C13H11N5O2S/c1-8(13(19)20)21-12-10-11(14-7-15-12)18(17-16-10)9-5-3-2-4-6-9/h2-8H,1H3,(H,19,20)/p-1/t8-/m1/s1. The third-order valence-corrected chi connectivity index (χ3v) is 3.89. The number of hydrogen-bond donors (Lipinski definition) is 0. The molecule has 1 atom stereocenters. The lowest BCUT2D eigenvalue weighted by atomic mass is 10.3. The molecule has 0 fully saturated rings. The molecule has 0 N–H and O–H groups in total. The monoisotopic (exact) mass is 300 g/mol. The van der Waals surface area contributed by atoms with Gasteiger partial charge in [0.1, 0.15) is 11.4 Å². The normalized spacial score (nSPS) is 12.4. The van der Waals surface area contributed by atoms with Gasteiger partial charge >= 0.3 is 0 Å². The summed E-state index contributed by atoms with van der Waals surface area (Å²) in [6, 6.07) is 9.44. The van der Waals surface area contributed by atoms with E-state index in [1.165, 1.54) is 13.3 Å². The average molecular weight is 300 g/mol. The lowest BCUT2D eigenvalue weighted by Crippen LogP contribution is -2.31. The Bertz CT molecular complexity index is 790. The third-order valence-electron chi connectivity index (χ3n) is 2.83. The molecule has 0 spiro atoms. The van der Waals surface area contributed by atoms with E-state index in [-0.39, 0.29) is 0 Å². The van der Waals surface area contributed by atoms with Gasteiger partial charge in [-0.1, -0.05) is 35.2 Å². The van der Waals surface area contributed by atoms with Crippen molar-refractivity contribution in [1.82, 2.24) is 25.0 Å². The summed E-state index contributed by atoms with van der Waals surface area (Å²) in [7, 11) is 0. The molecule has 0 saturated heterocycles. The van der Waals surface area contributed by atoms with E-state index in [0.717, 1.165) is 17.4 Å². The summed E-state index contributed by atoms with van der Waals surface area (Å²) < 4.78 is 1.59. The maximum atomic E-state index is 10.8. The quantitative estimate of drug-likeness (QED) is 0.509. The highest BCUT2D eigenvalue weighted by Gasteiger charge is 2.15. The van der Waals surface area contributed by atoms with E-state index in [0.29, 0.717) is 16.2 Å². The van der Waals surface area contributed by atoms with E-state index < -0.39 is 11.2 Å². The number of nitrogens with zero attached hydrogens (tertiary/aromatic N) is 5. The van der Waals surface area contributed by atoms with Gasteiger partial charge in [-0.25, -0.2) is 9.97 Å². The van der Waals surface area contributed by atoms with Crippen molar-refractivity contribution in [2.24, 2.45) is 0 Å². The van der Waals surface area contributed by atoms with Crippen molar-refractivity contribution in [2.75, 3.05) is 0 Å². The maximum absolute atomic E-state index is 10.8. The van der Waals surface area contributed by atoms with Crippen LogP contribution in [0, 0.1) is 0 Å². The van der Waals surface area contributed by atoms with Gasteiger partial charge < -0.3 is 9.90 Å². The second-order valence-corrected chi connectivity index (χ2v) is 5.60. The number of para-hydroxylation sites is 1. The number of aliphatic carboxylic acids is 1. The second-order valence-electron chi connectivity index (χ2n) is 4.27. The lowest BCUT2D eigenvalue weighted by Gasteiger charge is -2.10. The van der Waals surface area contributed by atoms with Gasteiger partial charge in [-0.2, -0.15) is 4.68 Å². The van der Waals surface area contributed by atoms with Crippen molar-refractivity contribution < 1.29 is 9.90 Å². The summed E-state index contributed by atoms with van der Waals surface area (Å²) >= 11 is 1.06. The summed E-state index contributed by atoms with van der Waals surface area (Å²) in [5, 5.41) is 18.7. The molecule has 2 aromatic heterocycles. The first-order valence-electron chi connectivity index (χ1n) is 6.16. The first-order valence-corrected chi connectivity index (χ1v) is 7.04. The number of carbonyl (C=O) groups excluding carboxylic acids is 1. The summed E-state index contributed by atoms with van der Waals surface area (Å²) in [4.78, 5) is 19.1. The van der Waals surface area contributed by atoms with Crippen molar-refractivity contribution in [2.45, 2.75) is 17.2 Å². The van der Waals surface area contributed by atoms with Crippen molar-refractivity contribution in [1.29, 1.82) is 0 Å². The first kappa shape index (κ1) is 13.5. The molecule has 0 radical (unpaired) electrons. The van der Waals surface area contributed by atoms with Gasteiger partial charge in [0.2, 0.25) is 0 Å². The molecular formula is C13H10N5O2S-. The van der Waals surface area contributed by atoms with Crippen molar-refractivity contribution in [3.8, 4) is 5.69 Å². The Morgan fingerprint density at radius 1 is 1.29 bits per heavy atom. The van der Waals surface area contributed by atoms with Gasteiger partial charge in [-0.15, -0.1) is 5.10 Å². The average Bonchev–Trinajstić information content (AvgIpc) is 2.93. The molecule has 0 aliphatic rings. The third kappa shape index (κ3) is 2.57. The van der Waals surface area contributed by atoms with E-state index >= 15 is 0 Å². The number of aromatic nitrogens is 5. The van der Waals surface area contributed by atoms with Crippen LogP contribution in [0.2, 0.25) is 0 Å². The maximum Gasteiger partial charge on any atom is 0.187 e. The van der Waals surface area contributed by atoms with E-state index in [4.69, 9.17) is 0 Å². The highest BCUT2D eigenvalue weighted by atomic mass is 32.2. The molecule has 0 saturated carbocycles. The van der Waals surface area contributed by atoms with Gasteiger partial charge in [0.15, 0.2) is 11.2 Å². The number of rotatable bonds is 4. The SMILES string of the molecule is C[C@@H](Sc1ncnc2c1nnn2-c1ccccc1)C(=O)[O-].